The summed E-state index contributed by atoms with van der Waals surface area (Å²) in [6.45, 7) is 0. The molecule has 5 nitrogen and oxygen atoms in total. The van der Waals surface area contributed by atoms with Gasteiger partial charge in [-0.3, -0.25) is 14.6 Å². The molecule has 0 radical (unpaired) electrons. The Morgan fingerprint density at radius 3 is 2.58 bits per heavy atom. The molecule has 2 amide bonds. The molecule has 0 bridgehead atoms. The molecule has 0 aliphatic heterocycles. The van der Waals surface area contributed by atoms with Crippen LogP contribution in [-0.2, 0) is 4.79 Å². The normalized spacial score (nSPS) is 17.7. The quantitative estimate of drug-likeness (QED) is 0.855. The van der Waals surface area contributed by atoms with Crippen molar-refractivity contribution in [1.82, 2.24) is 10.3 Å². The van der Waals surface area contributed by atoms with Gasteiger partial charge in [0.25, 0.3) is 5.91 Å². The molecule has 1 aliphatic carbocycles. The molecule has 1 fully saturated rings. The van der Waals surface area contributed by atoms with E-state index in [2.05, 4.69) is 10.3 Å². The minimum Gasteiger partial charge on any atom is -0.368 e. The predicted octanol–water partition coefficient (Wildman–Crippen LogP) is 1.25. The van der Waals surface area contributed by atoms with Gasteiger partial charge in [-0.05, 0) is 30.9 Å². The van der Waals surface area contributed by atoms with Crippen molar-refractivity contribution in [3.63, 3.8) is 0 Å². The van der Waals surface area contributed by atoms with Crippen molar-refractivity contribution in [2.24, 2.45) is 11.7 Å². The zero-order chi connectivity index (χ0) is 13.7. The summed E-state index contributed by atoms with van der Waals surface area (Å²) < 4.78 is 0. The maximum Gasteiger partial charge on any atom is 0.270 e. The van der Waals surface area contributed by atoms with Gasteiger partial charge in [0.05, 0.1) is 0 Å². The number of hydrogen-bond acceptors (Lipinski definition) is 3. The largest absolute Gasteiger partial charge is 0.368 e. The SMILES string of the molecule is NC(=O)[C@@H](NC(=O)c1ccccn1)C1CCCCC1. The number of primary amides is 1. The maximum atomic E-state index is 12.0. The van der Waals surface area contributed by atoms with Gasteiger partial charge in [-0.15, -0.1) is 0 Å². The highest BCUT2D eigenvalue weighted by atomic mass is 16.2. The number of aromatic nitrogens is 1. The summed E-state index contributed by atoms with van der Waals surface area (Å²) in [7, 11) is 0. The molecule has 1 aromatic heterocycles. The fourth-order valence-electron chi connectivity index (χ4n) is 2.60. The summed E-state index contributed by atoms with van der Waals surface area (Å²) in [5.41, 5.74) is 5.73. The lowest BCUT2D eigenvalue weighted by Crippen LogP contribution is -2.49. The van der Waals surface area contributed by atoms with Crippen LogP contribution in [0.4, 0.5) is 0 Å². The minimum atomic E-state index is -0.588. The van der Waals surface area contributed by atoms with Crippen molar-refractivity contribution in [1.29, 1.82) is 0 Å². The monoisotopic (exact) mass is 261 g/mol. The summed E-state index contributed by atoms with van der Waals surface area (Å²) in [5.74, 6) is -0.648. The van der Waals surface area contributed by atoms with Crippen LogP contribution in [0.3, 0.4) is 0 Å². The Labute approximate surface area is 112 Å². The van der Waals surface area contributed by atoms with Crippen LogP contribution in [0.1, 0.15) is 42.6 Å². The summed E-state index contributed by atoms with van der Waals surface area (Å²) in [6, 6.07) is 4.51. The number of carbonyl (C=O) groups excluding carboxylic acids is 2. The minimum absolute atomic E-state index is 0.152. The number of hydrogen-bond donors (Lipinski definition) is 2. The average molecular weight is 261 g/mol. The van der Waals surface area contributed by atoms with E-state index < -0.39 is 11.9 Å². The fraction of sp³-hybridized carbons (Fsp3) is 0.500. The van der Waals surface area contributed by atoms with Crippen LogP contribution < -0.4 is 11.1 Å². The van der Waals surface area contributed by atoms with Crippen molar-refractivity contribution >= 4 is 11.8 Å². The topological polar surface area (TPSA) is 85.1 Å². The molecule has 0 unspecified atom stereocenters. The Bertz CT molecular complexity index is 441. The van der Waals surface area contributed by atoms with E-state index in [-0.39, 0.29) is 11.8 Å². The maximum absolute atomic E-state index is 12.0. The Morgan fingerprint density at radius 1 is 1.26 bits per heavy atom. The number of rotatable bonds is 4. The van der Waals surface area contributed by atoms with E-state index >= 15 is 0 Å². The average Bonchev–Trinajstić information content (AvgIpc) is 2.46. The van der Waals surface area contributed by atoms with Crippen molar-refractivity contribution < 1.29 is 9.59 Å². The van der Waals surface area contributed by atoms with Crippen LogP contribution in [0.25, 0.3) is 0 Å². The first-order valence-corrected chi connectivity index (χ1v) is 6.69. The third kappa shape index (κ3) is 3.53. The molecule has 1 aromatic rings. The van der Waals surface area contributed by atoms with Crippen molar-refractivity contribution in [2.45, 2.75) is 38.1 Å². The molecule has 0 saturated heterocycles. The highest BCUT2D eigenvalue weighted by molar-refractivity contribution is 5.95. The second kappa shape index (κ2) is 6.31. The van der Waals surface area contributed by atoms with Gasteiger partial charge in [0.15, 0.2) is 0 Å². The highest BCUT2D eigenvalue weighted by Gasteiger charge is 2.29. The van der Waals surface area contributed by atoms with E-state index in [0.717, 1.165) is 25.7 Å². The van der Waals surface area contributed by atoms with Gasteiger partial charge in [-0.1, -0.05) is 25.3 Å². The number of nitrogens with zero attached hydrogens (tertiary/aromatic N) is 1. The van der Waals surface area contributed by atoms with Gasteiger partial charge in [-0.2, -0.15) is 0 Å². The lowest BCUT2D eigenvalue weighted by atomic mass is 9.83. The zero-order valence-electron chi connectivity index (χ0n) is 10.8. The van der Waals surface area contributed by atoms with E-state index in [1.54, 1.807) is 24.4 Å². The van der Waals surface area contributed by atoms with Crippen molar-refractivity contribution in [3.05, 3.63) is 30.1 Å². The first kappa shape index (κ1) is 13.5. The van der Waals surface area contributed by atoms with Gasteiger partial charge in [0.1, 0.15) is 11.7 Å². The van der Waals surface area contributed by atoms with Crippen LogP contribution in [0, 0.1) is 5.92 Å². The smallest absolute Gasteiger partial charge is 0.270 e. The van der Waals surface area contributed by atoms with E-state index in [4.69, 9.17) is 5.73 Å². The summed E-state index contributed by atoms with van der Waals surface area (Å²) in [5, 5.41) is 2.73. The van der Waals surface area contributed by atoms with E-state index in [9.17, 15) is 9.59 Å². The van der Waals surface area contributed by atoms with Crippen LogP contribution in [0.15, 0.2) is 24.4 Å². The zero-order valence-corrected chi connectivity index (χ0v) is 10.8. The molecule has 0 aromatic carbocycles. The number of pyridine rings is 1. The molecule has 2 rings (SSSR count). The Hall–Kier alpha value is -1.91. The lowest BCUT2D eigenvalue weighted by Gasteiger charge is -2.28. The van der Waals surface area contributed by atoms with Crippen LogP contribution >= 0.6 is 0 Å². The molecule has 1 atom stereocenters. The molecule has 102 valence electrons. The second-order valence-corrected chi connectivity index (χ2v) is 4.97. The van der Waals surface area contributed by atoms with Crippen LogP contribution in [0.2, 0.25) is 0 Å². The Morgan fingerprint density at radius 2 is 2.00 bits per heavy atom. The molecule has 19 heavy (non-hydrogen) atoms. The summed E-state index contributed by atoms with van der Waals surface area (Å²) in [6.07, 6.45) is 6.80. The third-order valence-corrected chi connectivity index (χ3v) is 3.61. The molecular weight excluding hydrogens is 242 g/mol. The molecule has 0 spiro atoms. The van der Waals surface area contributed by atoms with Gasteiger partial charge >= 0.3 is 0 Å². The second-order valence-electron chi connectivity index (χ2n) is 4.97. The molecule has 3 N–H and O–H groups in total. The number of amides is 2. The first-order valence-electron chi connectivity index (χ1n) is 6.69. The highest BCUT2D eigenvalue weighted by Crippen LogP contribution is 2.26. The molecule has 1 heterocycles. The number of nitrogens with one attached hydrogen (secondary N) is 1. The van der Waals surface area contributed by atoms with Crippen molar-refractivity contribution in [2.75, 3.05) is 0 Å². The van der Waals surface area contributed by atoms with Crippen molar-refractivity contribution in [3.8, 4) is 0 Å². The van der Waals surface area contributed by atoms with E-state index in [0.29, 0.717) is 5.69 Å². The Balaban J connectivity index is 2.04. The summed E-state index contributed by atoms with van der Waals surface area (Å²) >= 11 is 0. The van der Waals surface area contributed by atoms with E-state index in [1.165, 1.54) is 6.42 Å². The third-order valence-electron chi connectivity index (χ3n) is 3.61. The van der Waals surface area contributed by atoms with Gasteiger partial charge in [-0.25, -0.2) is 0 Å². The van der Waals surface area contributed by atoms with Gasteiger partial charge < -0.3 is 11.1 Å². The van der Waals surface area contributed by atoms with E-state index in [1.807, 2.05) is 0 Å². The first-order chi connectivity index (χ1) is 9.18. The predicted molar refractivity (Wildman–Crippen MR) is 71.3 cm³/mol. The molecule has 5 heteroatoms. The van der Waals surface area contributed by atoms with Crippen LogP contribution in [-0.4, -0.2) is 22.8 Å². The standard InChI is InChI=1S/C14H19N3O2/c15-13(18)12(10-6-2-1-3-7-10)17-14(19)11-8-4-5-9-16-11/h4-5,8-10,12H,1-3,6-7H2,(H2,15,18)(H,17,19)/t12-/m0/s1. The Kier molecular flexibility index (Phi) is 4.49. The lowest BCUT2D eigenvalue weighted by molar-refractivity contribution is -0.121. The van der Waals surface area contributed by atoms with Crippen LogP contribution in [0.5, 0.6) is 0 Å². The number of nitrogens with two attached hydrogens (primary N) is 1. The summed E-state index contributed by atoms with van der Waals surface area (Å²) in [4.78, 5) is 27.5. The molecule has 1 aliphatic rings. The molecular formula is C14H19N3O2. The van der Waals surface area contributed by atoms with Gasteiger partial charge in [0.2, 0.25) is 5.91 Å². The molecule has 1 saturated carbocycles. The number of carbonyl (C=O) groups is 2. The fourth-order valence-corrected chi connectivity index (χ4v) is 2.60. The van der Waals surface area contributed by atoms with Gasteiger partial charge in [0, 0.05) is 6.20 Å².